The lowest BCUT2D eigenvalue weighted by atomic mass is 9.89. The molecule has 2 aromatic carbocycles. The third-order valence-corrected chi connectivity index (χ3v) is 7.44. The minimum absolute atomic E-state index is 0.0381. The number of quaternary nitrogens is 2. The zero-order valence-electron chi connectivity index (χ0n) is 17.4. The van der Waals surface area contributed by atoms with Crippen molar-refractivity contribution in [2.75, 3.05) is 6.54 Å². The number of amides is 2. The number of carboxylic acids is 1. The number of para-hydroxylation sites is 1. The monoisotopic (exact) mass is 426 g/mol. The summed E-state index contributed by atoms with van der Waals surface area (Å²) in [5.41, 5.74) is 0.197. The van der Waals surface area contributed by atoms with Crippen molar-refractivity contribution in [3.05, 3.63) is 65.7 Å². The Bertz CT molecular complexity index is 1070. The van der Waals surface area contributed by atoms with Crippen molar-refractivity contribution in [3.8, 4) is 0 Å². The van der Waals surface area contributed by atoms with Crippen LogP contribution >= 0.6 is 0 Å². The van der Waals surface area contributed by atoms with Crippen LogP contribution < -0.4 is 4.48 Å². The molecular formula is C23H26N2O6+2. The van der Waals surface area contributed by atoms with E-state index in [1.807, 2.05) is 0 Å². The average Bonchev–Trinajstić information content (AvgIpc) is 3.17. The molecule has 4 rings (SSSR count). The van der Waals surface area contributed by atoms with Crippen LogP contribution in [0.4, 0.5) is 15.3 Å². The van der Waals surface area contributed by atoms with E-state index >= 15 is 0 Å². The molecule has 5 atom stereocenters. The molecule has 8 heteroatoms. The first-order chi connectivity index (χ1) is 14.7. The molecule has 2 aliphatic heterocycles. The molecule has 31 heavy (non-hydrogen) atoms. The highest BCUT2D eigenvalue weighted by Gasteiger charge is 2.81. The largest absolute Gasteiger partial charge is 0.523 e. The van der Waals surface area contributed by atoms with E-state index in [0.29, 0.717) is 11.3 Å². The van der Waals surface area contributed by atoms with E-state index in [4.69, 9.17) is 0 Å². The van der Waals surface area contributed by atoms with E-state index in [1.165, 1.54) is 6.92 Å². The summed E-state index contributed by atoms with van der Waals surface area (Å²) in [5, 5.41) is 31.4. The molecule has 162 valence electrons. The summed E-state index contributed by atoms with van der Waals surface area (Å²) >= 11 is 0. The van der Waals surface area contributed by atoms with E-state index in [1.54, 1.807) is 61.5 Å². The van der Waals surface area contributed by atoms with Crippen LogP contribution in [0.1, 0.15) is 37.3 Å². The maximum Gasteiger partial charge on any atom is 0.523 e. The fourth-order valence-corrected chi connectivity index (χ4v) is 6.01. The highest BCUT2D eigenvalue weighted by atomic mass is 16.4. The van der Waals surface area contributed by atoms with Gasteiger partial charge in [-0.1, -0.05) is 48.5 Å². The Morgan fingerprint density at radius 1 is 0.968 bits per heavy atom. The molecule has 3 N–H and O–H groups in total. The summed E-state index contributed by atoms with van der Waals surface area (Å²) in [7, 11) is 0. The van der Waals surface area contributed by atoms with Gasteiger partial charge in [0.15, 0.2) is 5.69 Å². The summed E-state index contributed by atoms with van der Waals surface area (Å²) in [6.07, 6.45) is -3.48. The van der Waals surface area contributed by atoms with Crippen LogP contribution in [0.3, 0.4) is 0 Å². The molecule has 2 heterocycles. The number of hydrogen-bond donors (Lipinski definition) is 3. The summed E-state index contributed by atoms with van der Waals surface area (Å²) < 4.78 is -1.49. The van der Waals surface area contributed by atoms with Crippen molar-refractivity contribution in [3.63, 3.8) is 0 Å². The van der Waals surface area contributed by atoms with Crippen molar-refractivity contribution < 1.29 is 34.2 Å². The molecule has 0 aromatic heterocycles. The molecule has 1 fully saturated rings. The van der Waals surface area contributed by atoms with E-state index in [-0.39, 0.29) is 19.5 Å². The second kappa shape index (κ2) is 6.90. The Morgan fingerprint density at radius 2 is 1.58 bits per heavy atom. The Hall–Kier alpha value is -3.23. The normalized spacial score (nSPS) is 33.5. The topological polar surface area (TPSA) is 112 Å². The van der Waals surface area contributed by atoms with E-state index < -0.39 is 44.7 Å². The van der Waals surface area contributed by atoms with E-state index in [9.17, 15) is 29.7 Å². The van der Waals surface area contributed by atoms with Crippen LogP contribution in [0, 0.1) is 0 Å². The Morgan fingerprint density at radius 3 is 2.13 bits per heavy atom. The van der Waals surface area contributed by atoms with E-state index in [2.05, 4.69) is 0 Å². The number of carboxylic acid groups (broad SMARTS) is 3. The summed E-state index contributed by atoms with van der Waals surface area (Å²) in [6, 6.07) is 15.9. The van der Waals surface area contributed by atoms with Gasteiger partial charge in [0, 0.05) is 30.5 Å². The summed E-state index contributed by atoms with van der Waals surface area (Å²) in [4.78, 5) is 38.5. The average molecular weight is 426 g/mol. The fraction of sp³-hybridized carbons (Fsp3) is 0.348. The minimum Gasteiger partial charge on any atom is -0.477 e. The Balaban J connectivity index is 2.07. The first-order valence-electron chi connectivity index (χ1n) is 10.3. The van der Waals surface area contributed by atoms with Crippen molar-refractivity contribution >= 4 is 23.8 Å². The molecule has 2 aromatic rings. The van der Waals surface area contributed by atoms with Gasteiger partial charge in [-0.05, 0) is 6.92 Å². The van der Waals surface area contributed by atoms with Crippen molar-refractivity contribution in [2.24, 2.45) is 0 Å². The van der Waals surface area contributed by atoms with Gasteiger partial charge in [-0.25, -0.2) is 4.79 Å². The van der Waals surface area contributed by atoms with Gasteiger partial charge in [0.2, 0.25) is 11.7 Å². The number of benzene rings is 2. The Labute approximate surface area is 179 Å². The molecule has 2 unspecified atom stereocenters. The molecule has 8 nitrogen and oxygen atoms in total. The van der Waals surface area contributed by atoms with Crippen molar-refractivity contribution in [1.29, 1.82) is 0 Å². The summed E-state index contributed by atoms with van der Waals surface area (Å²) in [5.74, 6) is -1.76. The first-order valence-corrected chi connectivity index (χ1v) is 10.3. The molecule has 0 aliphatic carbocycles. The molecule has 0 bridgehead atoms. The van der Waals surface area contributed by atoms with Gasteiger partial charge in [0.05, 0.1) is 6.54 Å². The quantitative estimate of drug-likeness (QED) is 0.636. The molecule has 2 amide bonds. The number of fused-ring (bicyclic) bond motifs is 3. The fourth-order valence-electron chi connectivity index (χ4n) is 6.01. The van der Waals surface area contributed by atoms with Gasteiger partial charge in [0.1, 0.15) is 12.5 Å². The highest BCUT2D eigenvalue weighted by molar-refractivity contribution is 5.87. The maximum absolute atomic E-state index is 13.1. The number of aliphatic carboxylic acids is 1. The lowest BCUT2D eigenvalue weighted by Crippen LogP contribution is -2.77. The smallest absolute Gasteiger partial charge is 0.477 e. The molecule has 0 saturated carbocycles. The van der Waals surface area contributed by atoms with Crippen LogP contribution in [0.15, 0.2) is 54.6 Å². The van der Waals surface area contributed by atoms with Crippen LogP contribution in [0.5, 0.6) is 0 Å². The van der Waals surface area contributed by atoms with Crippen LogP contribution in [-0.2, 0) is 11.3 Å². The number of carbonyl (C=O) groups is 3. The second-order valence-corrected chi connectivity index (χ2v) is 8.62. The van der Waals surface area contributed by atoms with E-state index in [0.717, 1.165) is 5.56 Å². The van der Waals surface area contributed by atoms with Gasteiger partial charge in [-0.3, -0.25) is 0 Å². The molecule has 0 radical (unpaired) electrons. The van der Waals surface area contributed by atoms with Gasteiger partial charge in [-0.2, -0.15) is 14.1 Å². The van der Waals surface area contributed by atoms with Gasteiger partial charge in [0.25, 0.3) is 0 Å². The predicted octanol–water partition coefficient (Wildman–Crippen LogP) is 4.06. The molecule has 2 aliphatic rings. The molecule has 1 saturated heterocycles. The molecular weight excluding hydrogens is 400 g/mol. The third kappa shape index (κ3) is 2.46. The molecule has 0 spiro atoms. The SMILES string of the molecule is CC[N+]1(C(=O)O)c2ccccc2[C@H]2C[C@@](C)(C(=O)O)[N+](Cc3ccccc3)(C(=O)O)[C@@H]21. The van der Waals surface area contributed by atoms with Gasteiger partial charge < -0.3 is 15.3 Å². The van der Waals surface area contributed by atoms with Gasteiger partial charge in [-0.15, -0.1) is 4.48 Å². The number of likely N-dealkylation sites (tertiary alicyclic amines) is 1. The predicted molar refractivity (Wildman–Crippen MR) is 112 cm³/mol. The number of nitrogens with zero attached hydrogens (tertiary/aromatic N) is 2. The number of likely N-dealkylation sites (N-methyl/N-ethyl adjacent to an activating group) is 1. The zero-order chi connectivity index (χ0) is 22.6. The standard InChI is InChI=1S/C23H24N2O6/c1-3-24(21(28)29)18-12-8-7-11-16(18)17-13-23(2,20(26)27)25(19(17)24,22(30)31)14-15-9-5-4-6-10-15/h4-12,17,19H,3,13-14H2,1-2H3,(H-2,26,27,28,29,30,31)/p+2/t17-,19+,23+,24?,25?/m1/s1. The van der Waals surface area contributed by atoms with Crippen LogP contribution in [0.2, 0.25) is 0 Å². The third-order valence-electron chi connectivity index (χ3n) is 7.44. The Kier molecular flexibility index (Phi) is 4.68. The van der Waals surface area contributed by atoms with Crippen LogP contribution in [-0.4, -0.2) is 56.2 Å². The maximum atomic E-state index is 13.1. The van der Waals surface area contributed by atoms with Crippen molar-refractivity contribution in [2.45, 2.75) is 44.4 Å². The number of hydrogen-bond acceptors (Lipinski definition) is 3. The zero-order valence-corrected chi connectivity index (χ0v) is 17.4. The lowest BCUT2D eigenvalue weighted by Gasteiger charge is -2.46. The summed E-state index contributed by atoms with van der Waals surface area (Å²) in [6.45, 7) is 3.13. The highest BCUT2D eigenvalue weighted by Crippen LogP contribution is 2.61. The van der Waals surface area contributed by atoms with Crippen LogP contribution in [0.25, 0.3) is 0 Å². The minimum atomic E-state index is -1.71. The van der Waals surface area contributed by atoms with Gasteiger partial charge >= 0.3 is 18.2 Å². The number of rotatable bonds is 4. The van der Waals surface area contributed by atoms with Crippen molar-refractivity contribution in [1.82, 2.24) is 4.48 Å². The lowest BCUT2D eigenvalue weighted by molar-refractivity contribution is -0.927. The first kappa shape index (κ1) is 21.0. The second-order valence-electron chi connectivity index (χ2n) is 8.62.